The Labute approximate surface area is 123 Å². The monoisotopic (exact) mass is 290 g/mol. The summed E-state index contributed by atoms with van der Waals surface area (Å²) in [5, 5.41) is 2.73. The Kier molecular flexibility index (Phi) is 4.26. The molecule has 0 fully saturated rings. The van der Waals surface area contributed by atoms with Gasteiger partial charge in [-0.2, -0.15) is 0 Å². The molecule has 2 amide bonds. The van der Waals surface area contributed by atoms with Crippen molar-refractivity contribution in [3.8, 4) is 5.75 Å². The summed E-state index contributed by atoms with van der Waals surface area (Å²) in [5.74, 6) is -0.755. The van der Waals surface area contributed by atoms with Crippen molar-refractivity contribution < 1.29 is 19.1 Å². The number of carbonyl (C=O) groups is 3. The lowest BCUT2D eigenvalue weighted by molar-refractivity contribution is -0.122. The molecule has 1 N–H and O–H groups in total. The zero-order chi connectivity index (χ0) is 15.6. The minimum Gasteiger partial charge on any atom is -0.497 e. The number of carbonyl (C=O) groups excluding carboxylic acids is 3. The van der Waals surface area contributed by atoms with E-state index >= 15 is 0 Å². The predicted molar refractivity (Wildman–Crippen MR) is 77.5 cm³/mol. The van der Waals surface area contributed by atoms with E-state index < -0.39 is 11.7 Å². The quantitative estimate of drug-likeness (QED) is 0.821. The maximum Gasteiger partial charge on any atom is 0.299 e. The molecule has 2 rings (SSSR count). The molecule has 1 aliphatic heterocycles. The number of nitrogens with one attached hydrogen (secondary N) is 1. The summed E-state index contributed by atoms with van der Waals surface area (Å²) < 4.78 is 5.04. The first-order valence-corrected chi connectivity index (χ1v) is 6.75. The summed E-state index contributed by atoms with van der Waals surface area (Å²) in [6, 6.07) is 4.79. The van der Waals surface area contributed by atoms with E-state index in [2.05, 4.69) is 5.32 Å². The second-order valence-electron chi connectivity index (χ2n) is 5.30. The van der Waals surface area contributed by atoms with Crippen molar-refractivity contribution >= 4 is 23.3 Å². The number of amides is 2. The van der Waals surface area contributed by atoms with E-state index in [-0.39, 0.29) is 18.0 Å². The number of hydrogen-bond donors (Lipinski definition) is 1. The number of ether oxygens (including phenoxy) is 1. The Bertz CT molecular complexity index is 595. The summed E-state index contributed by atoms with van der Waals surface area (Å²) in [6.45, 7) is 4.33. The van der Waals surface area contributed by atoms with Gasteiger partial charge in [0.05, 0.1) is 18.4 Å². The number of ketones is 1. The van der Waals surface area contributed by atoms with Crippen LogP contribution in [0, 0.1) is 5.92 Å². The van der Waals surface area contributed by atoms with Gasteiger partial charge in [-0.25, -0.2) is 0 Å². The molecule has 112 valence electrons. The number of hydrogen-bond acceptors (Lipinski definition) is 4. The summed E-state index contributed by atoms with van der Waals surface area (Å²) in [6.07, 6.45) is 0. The molecular weight excluding hydrogens is 272 g/mol. The Morgan fingerprint density at radius 1 is 1.33 bits per heavy atom. The first-order chi connectivity index (χ1) is 9.93. The maximum absolute atomic E-state index is 12.0. The highest BCUT2D eigenvalue weighted by Crippen LogP contribution is 2.31. The van der Waals surface area contributed by atoms with E-state index in [0.29, 0.717) is 23.9 Å². The SMILES string of the molecule is COc1ccc2c(c1)C(=O)C(=O)N2CC(=O)NCC(C)C. The Hall–Kier alpha value is -2.37. The smallest absolute Gasteiger partial charge is 0.299 e. The van der Waals surface area contributed by atoms with Crippen molar-refractivity contribution in [2.45, 2.75) is 13.8 Å². The molecular formula is C15H18N2O4. The number of rotatable bonds is 5. The third kappa shape index (κ3) is 3.04. The van der Waals surface area contributed by atoms with Crippen LogP contribution in [0.3, 0.4) is 0 Å². The van der Waals surface area contributed by atoms with Crippen LogP contribution in [-0.4, -0.2) is 37.8 Å². The second kappa shape index (κ2) is 5.95. The molecule has 0 aliphatic carbocycles. The second-order valence-corrected chi connectivity index (χ2v) is 5.30. The molecule has 0 atom stereocenters. The summed E-state index contributed by atoms with van der Waals surface area (Å²) in [5.41, 5.74) is 0.724. The molecule has 6 nitrogen and oxygen atoms in total. The van der Waals surface area contributed by atoms with E-state index in [1.807, 2.05) is 13.8 Å². The lowest BCUT2D eigenvalue weighted by atomic mass is 10.1. The van der Waals surface area contributed by atoms with E-state index in [1.54, 1.807) is 12.1 Å². The van der Waals surface area contributed by atoms with Gasteiger partial charge < -0.3 is 10.1 Å². The van der Waals surface area contributed by atoms with Crippen LogP contribution in [0.4, 0.5) is 5.69 Å². The highest BCUT2D eigenvalue weighted by atomic mass is 16.5. The van der Waals surface area contributed by atoms with Crippen LogP contribution in [-0.2, 0) is 9.59 Å². The topological polar surface area (TPSA) is 75.7 Å². The standard InChI is InChI=1S/C15H18N2O4/c1-9(2)7-16-13(18)8-17-12-5-4-10(21-3)6-11(12)14(19)15(17)20/h4-6,9H,7-8H2,1-3H3,(H,16,18). The van der Waals surface area contributed by atoms with Gasteiger partial charge in [0.15, 0.2) is 0 Å². The van der Waals surface area contributed by atoms with E-state index in [1.165, 1.54) is 18.1 Å². The summed E-state index contributed by atoms with van der Waals surface area (Å²) in [4.78, 5) is 37.0. The molecule has 0 saturated heterocycles. The normalized spacial score (nSPS) is 13.6. The molecule has 0 radical (unpaired) electrons. The molecule has 1 aromatic rings. The molecule has 0 spiro atoms. The highest BCUT2D eigenvalue weighted by Gasteiger charge is 2.37. The number of nitrogens with zero attached hydrogens (tertiary/aromatic N) is 1. The predicted octanol–water partition coefficient (Wildman–Crippen LogP) is 0.997. The fourth-order valence-electron chi connectivity index (χ4n) is 2.08. The fraction of sp³-hybridized carbons (Fsp3) is 0.400. The maximum atomic E-state index is 12.0. The minimum atomic E-state index is -0.682. The van der Waals surface area contributed by atoms with Crippen LogP contribution < -0.4 is 15.0 Å². The van der Waals surface area contributed by atoms with Gasteiger partial charge in [0.2, 0.25) is 5.91 Å². The third-order valence-corrected chi connectivity index (χ3v) is 3.19. The van der Waals surface area contributed by atoms with E-state index in [0.717, 1.165) is 0 Å². The Morgan fingerprint density at radius 3 is 2.67 bits per heavy atom. The summed E-state index contributed by atoms with van der Waals surface area (Å²) >= 11 is 0. The molecule has 6 heteroatoms. The lowest BCUT2D eigenvalue weighted by Gasteiger charge is -2.16. The van der Waals surface area contributed by atoms with Crippen LogP contribution in [0.15, 0.2) is 18.2 Å². The number of benzene rings is 1. The molecule has 0 saturated carbocycles. The summed E-state index contributed by atoms with van der Waals surface area (Å²) in [7, 11) is 1.49. The van der Waals surface area contributed by atoms with Crippen molar-refractivity contribution in [2.75, 3.05) is 25.1 Å². The van der Waals surface area contributed by atoms with Gasteiger partial charge in [-0.15, -0.1) is 0 Å². The number of anilines is 1. The van der Waals surface area contributed by atoms with E-state index in [4.69, 9.17) is 4.74 Å². The molecule has 1 aromatic carbocycles. The van der Waals surface area contributed by atoms with Crippen molar-refractivity contribution in [2.24, 2.45) is 5.92 Å². The van der Waals surface area contributed by atoms with Crippen molar-refractivity contribution in [3.63, 3.8) is 0 Å². The van der Waals surface area contributed by atoms with Crippen molar-refractivity contribution in [3.05, 3.63) is 23.8 Å². The number of methoxy groups -OCH3 is 1. The zero-order valence-electron chi connectivity index (χ0n) is 12.3. The van der Waals surface area contributed by atoms with Gasteiger partial charge in [-0.1, -0.05) is 13.8 Å². The third-order valence-electron chi connectivity index (χ3n) is 3.19. The van der Waals surface area contributed by atoms with Crippen LogP contribution >= 0.6 is 0 Å². The molecule has 1 heterocycles. The van der Waals surface area contributed by atoms with Crippen LogP contribution in [0.25, 0.3) is 0 Å². The number of Topliss-reactive ketones (excluding diaryl/α,β-unsaturated/α-hetero) is 1. The molecule has 1 aliphatic rings. The van der Waals surface area contributed by atoms with E-state index in [9.17, 15) is 14.4 Å². The van der Waals surface area contributed by atoms with Crippen LogP contribution in [0.5, 0.6) is 5.75 Å². The first kappa shape index (κ1) is 15.0. The fourth-order valence-corrected chi connectivity index (χ4v) is 2.08. The largest absolute Gasteiger partial charge is 0.497 e. The number of fused-ring (bicyclic) bond motifs is 1. The minimum absolute atomic E-state index is 0.156. The Balaban J connectivity index is 2.17. The molecule has 0 aromatic heterocycles. The molecule has 0 bridgehead atoms. The average Bonchev–Trinajstić information content (AvgIpc) is 2.70. The first-order valence-electron chi connectivity index (χ1n) is 6.75. The van der Waals surface area contributed by atoms with Crippen LogP contribution in [0.1, 0.15) is 24.2 Å². The van der Waals surface area contributed by atoms with Gasteiger partial charge in [-0.3, -0.25) is 19.3 Å². The average molecular weight is 290 g/mol. The molecule has 0 unspecified atom stereocenters. The highest BCUT2D eigenvalue weighted by molar-refractivity contribution is 6.52. The van der Waals surface area contributed by atoms with Gasteiger partial charge in [0.25, 0.3) is 11.7 Å². The van der Waals surface area contributed by atoms with Gasteiger partial charge in [0, 0.05) is 6.54 Å². The van der Waals surface area contributed by atoms with Crippen LogP contribution in [0.2, 0.25) is 0 Å². The lowest BCUT2D eigenvalue weighted by Crippen LogP contribution is -2.41. The molecule has 21 heavy (non-hydrogen) atoms. The Morgan fingerprint density at radius 2 is 2.05 bits per heavy atom. The van der Waals surface area contributed by atoms with Gasteiger partial charge in [0.1, 0.15) is 12.3 Å². The van der Waals surface area contributed by atoms with Crippen molar-refractivity contribution in [1.29, 1.82) is 0 Å². The van der Waals surface area contributed by atoms with Gasteiger partial charge in [-0.05, 0) is 24.1 Å². The van der Waals surface area contributed by atoms with Crippen molar-refractivity contribution in [1.82, 2.24) is 5.32 Å². The zero-order valence-corrected chi connectivity index (χ0v) is 12.3. The van der Waals surface area contributed by atoms with Gasteiger partial charge >= 0.3 is 0 Å².